The average Bonchev–Trinajstić information content (AvgIpc) is 2.67. The Morgan fingerprint density at radius 1 is 1.44 bits per heavy atom. The van der Waals surface area contributed by atoms with Crippen molar-refractivity contribution in [2.24, 2.45) is 5.10 Å². The van der Waals surface area contributed by atoms with Crippen molar-refractivity contribution >= 4 is 5.71 Å². The maximum atomic E-state index is 5.23. The third-order valence-corrected chi connectivity index (χ3v) is 3.15. The van der Waals surface area contributed by atoms with E-state index in [-0.39, 0.29) is 0 Å². The molecule has 0 aromatic rings. The minimum Gasteiger partial charge on any atom is -0.382 e. The van der Waals surface area contributed by atoms with Crippen molar-refractivity contribution in [2.75, 3.05) is 20.3 Å². The van der Waals surface area contributed by atoms with Crippen molar-refractivity contribution < 1.29 is 4.74 Å². The number of hydrogen-bond acceptors (Lipinski definition) is 3. The fourth-order valence-corrected chi connectivity index (χ4v) is 2.21. The van der Waals surface area contributed by atoms with Gasteiger partial charge in [-0.3, -0.25) is 5.01 Å². The van der Waals surface area contributed by atoms with Crippen molar-refractivity contribution in [3.05, 3.63) is 0 Å². The van der Waals surface area contributed by atoms with Gasteiger partial charge in [-0.1, -0.05) is 19.8 Å². The smallest absolute Gasteiger partial charge is 0.0704 e. The van der Waals surface area contributed by atoms with Gasteiger partial charge in [-0.2, -0.15) is 5.10 Å². The summed E-state index contributed by atoms with van der Waals surface area (Å²) in [6.07, 6.45) is 7.48. The van der Waals surface area contributed by atoms with Gasteiger partial charge in [-0.25, -0.2) is 0 Å². The molecule has 0 saturated carbocycles. The van der Waals surface area contributed by atoms with Crippen molar-refractivity contribution in [3.8, 4) is 0 Å². The summed E-state index contributed by atoms with van der Waals surface area (Å²) in [4.78, 5) is 0. The molecule has 1 aliphatic rings. The molecule has 16 heavy (non-hydrogen) atoms. The molecular formula is C13H26N2O. The summed E-state index contributed by atoms with van der Waals surface area (Å²) in [5.74, 6) is 0. The van der Waals surface area contributed by atoms with Gasteiger partial charge in [0.1, 0.15) is 0 Å². The molecule has 0 unspecified atom stereocenters. The molecule has 1 saturated heterocycles. The second-order valence-corrected chi connectivity index (χ2v) is 4.71. The minimum atomic E-state index is 0.506. The van der Waals surface area contributed by atoms with Crippen LogP contribution in [-0.4, -0.2) is 37.0 Å². The second-order valence-electron chi connectivity index (χ2n) is 4.71. The Balaban J connectivity index is 2.34. The molecule has 1 aliphatic heterocycles. The molecule has 0 amide bonds. The lowest BCUT2D eigenvalue weighted by atomic mass is 10.1. The predicted molar refractivity (Wildman–Crippen MR) is 68.9 cm³/mol. The Morgan fingerprint density at radius 2 is 2.25 bits per heavy atom. The molecule has 94 valence electrons. The molecule has 0 N–H and O–H groups in total. The highest BCUT2D eigenvalue weighted by Gasteiger charge is 2.22. The van der Waals surface area contributed by atoms with E-state index in [1.54, 1.807) is 7.11 Å². The van der Waals surface area contributed by atoms with Gasteiger partial charge in [0.2, 0.25) is 0 Å². The van der Waals surface area contributed by atoms with Crippen molar-refractivity contribution in [3.63, 3.8) is 0 Å². The van der Waals surface area contributed by atoms with Crippen LogP contribution in [0.2, 0.25) is 0 Å². The Kier molecular flexibility index (Phi) is 6.46. The molecule has 1 heterocycles. The van der Waals surface area contributed by atoms with Crippen molar-refractivity contribution in [1.82, 2.24) is 5.01 Å². The van der Waals surface area contributed by atoms with E-state index in [2.05, 4.69) is 18.9 Å². The standard InChI is InChI=1S/C13H26N2O/c1-4-5-6-8-12(2)14-15-10-7-9-13(15)11-16-3/h13H,4-11H2,1-3H3/b14-12-/t13-/m0/s1. The van der Waals surface area contributed by atoms with Crippen LogP contribution >= 0.6 is 0 Å². The maximum Gasteiger partial charge on any atom is 0.0704 e. The summed E-state index contributed by atoms with van der Waals surface area (Å²) in [6, 6.07) is 0.506. The van der Waals surface area contributed by atoms with Gasteiger partial charge in [-0.15, -0.1) is 0 Å². The fraction of sp³-hybridized carbons (Fsp3) is 0.923. The fourth-order valence-electron chi connectivity index (χ4n) is 2.21. The molecule has 3 heteroatoms. The van der Waals surface area contributed by atoms with E-state index in [9.17, 15) is 0 Å². The van der Waals surface area contributed by atoms with E-state index in [1.165, 1.54) is 37.8 Å². The molecule has 0 radical (unpaired) electrons. The lowest BCUT2D eigenvalue weighted by Crippen LogP contribution is -2.29. The monoisotopic (exact) mass is 226 g/mol. The predicted octanol–water partition coefficient (Wildman–Crippen LogP) is 3.05. The lowest BCUT2D eigenvalue weighted by Gasteiger charge is -2.21. The zero-order chi connectivity index (χ0) is 11.8. The Labute approximate surface area is 99.9 Å². The van der Waals surface area contributed by atoms with Crippen molar-refractivity contribution in [2.45, 2.75) is 58.4 Å². The summed E-state index contributed by atoms with van der Waals surface area (Å²) in [6.45, 7) is 6.30. The van der Waals surface area contributed by atoms with Crippen LogP contribution in [0.3, 0.4) is 0 Å². The first kappa shape index (κ1) is 13.5. The van der Waals surface area contributed by atoms with Gasteiger partial charge >= 0.3 is 0 Å². The molecule has 0 aromatic heterocycles. The van der Waals surface area contributed by atoms with Gasteiger partial charge in [-0.05, 0) is 32.6 Å². The Morgan fingerprint density at radius 3 is 2.94 bits per heavy atom. The van der Waals surface area contributed by atoms with E-state index in [1.807, 2.05) is 0 Å². The van der Waals surface area contributed by atoms with E-state index < -0.39 is 0 Å². The van der Waals surface area contributed by atoms with Crippen LogP contribution in [0.1, 0.15) is 52.4 Å². The topological polar surface area (TPSA) is 24.8 Å². The number of nitrogens with zero attached hydrogens (tertiary/aromatic N) is 2. The Hall–Kier alpha value is -0.570. The SMILES string of the molecule is CCCCC/C(C)=N\N1CCC[C@H]1COC. The van der Waals surface area contributed by atoms with E-state index >= 15 is 0 Å². The number of hydrogen-bond donors (Lipinski definition) is 0. The van der Waals surface area contributed by atoms with Gasteiger partial charge in [0.05, 0.1) is 12.6 Å². The van der Waals surface area contributed by atoms with E-state index in [4.69, 9.17) is 9.84 Å². The average molecular weight is 226 g/mol. The Bertz CT molecular complexity index is 216. The summed E-state index contributed by atoms with van der Waals surface area (Å²) < 4.78 is 5.23. The quantitative estimate of drug-likeness (QED) is 0.492. The highest BCUT2D eigenvalue weighted by Crippen LogP contribution is 2.18. The van der Waals surface area contributed by atoms with Gasteiger partial charge in [0.25, 0.3) is 0 Å². The summed E-state index contributed by atoms with van der Waals surface area (Å²) in [5.41, 5.74) is 1.27. The molecule has 0 spiro atoms. The van der Waals surface area contributed by atoms with Crippen LogP contribution in [0.5, 0.6) is 0 Å². The van der Waals surface area contributed by atoms with Crippen LogP contribution in [0.15, 0.2) is 5.10 Å². The number of ether oxygens (including phenoxy) is 1. The molecule has 0 aromatic carbocycles. The zero-order valence-corrected chi connectivity index (χ0v) is 11.0. The van der Waals surface area contributed by atoms with Crippen LogP contribution < -0.4 is 0 Å². The molecule has 1 rings (SSSR count). The molecular weight excluding hydrogens is 200 g/mol. The highest BCUT2D eigenvalue weighted by atomic mass is 16.5. The molecule has 3 nitrogen and oxygen atoms in total. The lowest BCUT2D eigenvalue weighted by molar-refractivity contribution is 0.117. The van der Waals surface area contributed by atoms with Crippen LogP contribution in [-0.2, 0) is 4.74 Å². The second kappa shape index (κ2) is 7.66. The van der Waals surface area contributed by atoms with Gasteiger partial charge < -0.3 is 4.74 Å². The van der Waals surface area contributed by atoms with Gasteiger partial charge in [0, 0.05) is 19.4 Å². The van der Waals surface area contributed by atoms with Crippen molar-refractivity contribution in [1.29, 1.82) is 0 Å². The van der Waals surface area contributed by atoms with E-state index in [0.29, 0.717) is 6.04 Å². The zero-order valence-electron chi connectivity index (χ0n) is 11.0. The third-order valence-electron chi connectivity index (χ3n) is 3.15. The highest BCUT2D eigenvalue weighted by molar-refractivity contribution is 5.81. The summed E-state index contributed by atoms with van der Waals surface area (Å²) in [5, 5.41) is 6.94. The van der Waals surface area contributed by atoms with Crippen LogP contribution in [0.4, 0.5) is 0 Å². The first-order valence-electron chi connectivity index (χ1n) is 6.57. The first-order chi connectivity index (χ1) is 7.77. The number of rotatable bonds is 7. The summed E-state index contributed by atoms with van der Waals surface area (Å²) >= 11 is 0. The third kappa shape index (κ3) is 4.52. The normalized spacial score (nSPS) is 21.8. The molecule has 1 atom stereocenters. The first-order valence-corrected chi connectivity index (χ1v) is 6.57. The largest absolute Gasteiger partial charge is 0.382 e. The van der Waals surface area contributed by atoms with Crippen LogP contribution in [0, 0.1) is 0 Å². The number of methoxy groups -OCH3 is 1. The summed E-state index contributed by atoms with van der Waals surface area (Å²) in [7, 11) is 1.77. The number of hydrazone groups is 1. The van der Waals surface area contributed by atoms with Gasteiger partial charge in [0.15, 0.2) is 0 Å². The molecule has 1 fully saturated rings. The van der Waals surface area contributed by atoms with Crippen LogP contribution in [0.25, 0.3) is 0 Å². The maximum absolute atomic E-state index is 5.23. The molecule has 0 aliphatic carbocycles. The molecule has 0 bridgehead atoms. The number of unbranched alkanes of at least 4 members (excludes halogenated alkanes) is 2. The van der Waals surface area contributed by atoms with E-state index in [0.717, 1.165) is 19.6 Å². The minimum absolute atomic E-state index is 0.506.